The zero-order valence-electron chi connectivity index (χ0n) is 15.2. The molecule has 0 heterocycles. The topological polar surface area (TPSA) is 44.5 Å². The van der Waals surface area contributed by atoms with Crippen molar-refractivity contribution in [1.29, 1.82) is 0 Å². The maximum Gasteiger partial charge on any atom is 0.162 e. The van der Waals surface area contributed by atoms with Gasteiger partial charge in [0.25, 0.3) is 0 Å². The summed E-state index contributed by atoms with van der Waals surface area (Å²) in [5, 5.41) is 0. The molecule has 134 valence electrons. The summed E-state index contributed by atoms with van der Waals surface area (Å²) in [5.74, 6) is 1.46. The van der Waals surface area contributed by atoms with Crippen LogP contribution < -0.4 is 15.2 Å². The maximum absolute atomic E-state index is 6.07. The first-order valence-corrected chi connectivity index (χ1v) is 9.03. The summed E-state index contributed by atoms with van der Waals surface area (Å²) in [4.78, 5) is 0. The molecule has 0 aromatic heterocycles. The molecule has 3 nitrogen and oxygen atoms in total. The van der Waals surface area contributed by atoms with E-state index >= 15 is 0 Å². The molecule has 0 radical (unpaired) electrons. The minimum absolute atomic E-state index is 0.465. The number of ether oxygens (including phenoxy) is 2. The summed E-state index contributed by atoms with van der Waals surface area (Å²) < 4.78 is 11.8. The van der Waals surface area contributed by atoms with E-state index < -0.39 is 0 Å². The van der Waals surface area contributed by atoms with E-state index in [1.165, 1.54) is 11.1 Å². The fourth-order valence-electron chi connectivity index (χ4n) is 2.79. The van der Waals surface area contributed by atoms with Crippen LogP contribution in [0.25, 0.3) is 11.1 Å². The molecular formula is C23H25NO2. The molecule has 0 atom stereocenters. The average Bonchev–Trinajstić information content (AvgIpc) is 2.71. The van der Waals surface area contributed by atoms with E-state index in [0.717, 1.165) is 29.0 Å². The van der Waals surface area contributed by atoms with Gasteiger partial charge >= 0.3 is 0 Å². The second-order valence-corrected chi connectivity index (χ2v) is 6.13. The number of hydrogen-bond acceptors (Lipinski definition) is 3. The lowest BCUT2D eigenvalue weighted by Gasteiger charge is -2.14. The van der Waals surface area contributed by atoms with Crippen LogP contribution in [0, 0.1) is 0 Å². The largest absolute Gasteiger partial charge is 0.488 e. The zero-order valence-corrected chi connectivity index (χ0v) is 15.2. The fourth-order valence-corrected chi connectivity index (χ4v) is 2.79. The average molecular weight is 347 g/mol. The van der Waals surface area contributed by atoms with Gasteiger partial charge in [-0.25, -0.2) is 0 Å². The highest BCUT2D eigenvalue weighted by molar-refractivity contribution is 5.67. The maximum atomic E-state index is 6.07. The molecule has 0 saturated carbocycles. The molecule has 0 spiro atoms. The predicted octanol–water partition coefficient (Wildman–Crippen LogP) is 4.83. The van der Waals surface area contributed by atoms with Crippen molar-refractivity contribution in [2.45, 2.75) is 20.0 Å². The lowest BCUT2D eigenvalue weighted by Crippen LogP contribution is -2.11. The van der Waals surface area contributed by atoms with Crippen molar-refractivity contribution in [2.75, 3.05) is 13.2 Å². The van der Waals surface area contributed by atoms with E-state index in [-0.39, 0.29) is 0 Å². The molecule has 0 saturated heterocycles. The summed E-state index contributed by atoms with van der Waals surface area (Å²) in [6.07, 6.45) is 1.02. The zero-order chi connectivity index (χ0) is 18.2. The van der Waals surface area contributed by atoms with Crippen LogP contribution in [0.2, 0.25) is 0 Å². The van der Waals surface area contributed by atoms with Crippen molar-refractivity contribution in [3.05, 3.63) is 83.9 Å². The fraction of sp³-hybridized carbons (Fsp3) is 0.217. The molecule has 0 amide bonds. The standard InChI is InChI=1S/C23H25NO2/c1-2-18-9-6-10-20(15-18)21-11-12-22(25-14-13-24)23(16-21)26-17-19-7-4-3-5-8-19/h3-12,15-16H,2,13-14,17,24H2,1H3. The van der Waals surface area contributed by atoms with E-state index in [1.807, 2.05) is 30.3 Å². The van der Waals surface area contributed by atoms with Gasteiger partial charge in [-0.1, -0.05) is 67.6 Å². The molecule has 3 aromatic rings. The van der Waals surface area contributed by atoms with Gasteiger partial charge in [-0.3, -0.25) is 0 Å². The number of rotatable bonds is 8. The Kier molecular flexibility index (Phi) is 6.29. The highest BCUT2D eigenvalue weighted by Gasteiger charge is 2.09. The molecule has 0 unspecified atom stereocenters. The minimum Gasteiger partial charge on any atom is -0.488 e. The van der Waals surface area contributed by atoms with Crippen molar-refractivity contribution in [3.8, 4) is 22.6 Å². The van der Waals surface area contributed by atoms with E-state index in [0.29, 0.717) is 19.8 Å². The second-order valence-electron chi connectivity index (χ2n) is 6.13. The second kappa shape index (κ2) is 9.07. The van der Waals surface area contributed by atoms with Crippen LogP contribution in [0.4, 0.5) is 0 Å². The van der Waals surface area contributed by atoms with Gasteiger partial charge in [0.15, 0.2) is 11.5 Å². The molecular weight excluding hydrogens is 322 g/mol. The van der Waals surface area contributed by atoms with Gasteiger partial charge in [0.05, 0.1) is 0 Å². The first-order chi connectivity index (χ1) is 12.8. The molecule has 0 aliphatic heterocycles. The van der Waals surface area contributed by atoms with Crippen LogP contribution in [0.3, 0.4) is 0 Å². The quantitative estimate of drug-likeness (QED) is 0.634. The Morgan fingerprint density at radius 1 is 0.731 bits per heavy atom. The normalized spacial score (nSPS) is 10.5. The summed E-state index contributed by atoms with van der Waals surface area (Å²) in [6.45, 7) is 3.60. The number of hydrogen-bond donors (Lipinski definition) is 1. The number of benzene rings is 3. The Morgan fingerprint density at radius 2 is 1.50 bits per heavy atom. The van der Waals surface area contributed by atoms with Gasteiger partial charge in [-0.2, -0.15) is 0 Å². The molecule has 0 bridgehead atoms. The third kappa shape index (κ3) is 4.64. The Hall–Kier alpha value is -2.78. The van der Waals surface area contributed by atoms with E-state index in [9.17, 15) is 0 Å². The Labute approximate surface area is 155 Å². The van der Waals surface area contributed by atoms with Crippen molar-refractivity contribution < 1.29 is 9.47 Å². The van der Waals surface area contributed by atoms with Gasteiger partial charge in [0.1, 0.15) is 13.2 Å². The third-order valence-corrected chi connectivity index (χ3v) is 4.22. The number of aryl methyl sites for hydroxylation is 1. The van der Waals surface area contributed by atoms with Crippen molar-refractivity contribution in [1.82, 2.24) is 0 Å². The van der Waals surface area contributed by atoms with E-state index in [4.69, 9.17) is 15.2 Å². The molecule has 3 rings (SSSR count). The summed E-state index contributed by atoms with van der Waals surface area (Å²) >= 11 is 0. The van der Waals surface area contributed by atoms with Crippen LogP contribution in [-0.2, 0) is 13.0 Å². The Bertz CT molecular complexity index is 831. The van der Waals surface area contributed by atoms with Crippen LogP contribution >= 0.6 is 0 Å². The molecule has 0 aliphatic rings. The van der Waals surface area contributed by atoms with E-state index in [2.05, 4.69) is 49.4 Å². The smallest absolute Gasteiger partial charge is 0.162 e. The highest BCUT2D eigenvalue weighted by Crippen LogP contribution is 2.33. The van der Waals surface area contributed by atoms with Crippen molar-refractivity contribution >= 4 is 0 Å². The Balaban J connectivity index is 1.87. The SMILES string of the molecule is CCc1cccc(-c2ccc(OCCN)c(OCc3ccccc3)c2)c1. The lowest BCUT2D eigenvalue weighted by atomic mass is 10.0. The predicted molar refractivity (Wildman–Crippen MR) is 107 cm³/mol. The first kappa shape index (κ1) is 18.0. The van der Waals surface area contributed by atoms with Gasteiger partial charge in [-0.15, -0.1) is 0 Å². The minimum atomic E-state index is 0.465. The van der Waals surface area contributed by atoms with Gasteiger partial charge in [0, 0.05) is 6.54 Å². The first-order valence-electron chi connectivity index (χ1n) is 9.03. The summed E-state index contributed by atoms with van der Waals surface area (Å²) in [6, 6.07) is 24.8. The van der Waals surface area contributed by atoms with Crippen molar-refractivity contribution in [3.63, 3.8) is 0 Å². The van der Waals surface area contributed by atoms with Crippen molar-refractivity contribution in [2.24, 2.45) is 5.73 Å². The third-order valence-electron chi connectivity index (χ3n) is 4.22. The molecule has 3 aromatic carbocycles. The van der Waals surface area contributed by atoms with Crippen LogP contribution in [0.5, 0.6) is 11.5 Å². The Morgan fingerprint density at radius 3 is 2.27 bits per heavy atom. The lowest BCUT2D eigenvalue weighted by molar-refractivity contribution is 0.266. The van der Waals surface area contributed by atoms with Gasteiger partial charge < -0.3 is 15.2 Å². The summed E-state index contributed by atoms with van der Waals surface area (Å²) in [7, 11) is 0. The van der Waals surface area contributed by atoms with E-state index in [1.54, 1.807) is 0 Å². The van der Waals surface area contributed by atoms with Crippen LogP contribution in [0.15, 0.2) is 72.8 Å². The molecule has 3 heteroatoms. The van der Waals surface area contributed by atoms with Gasteiger partial charge in [0.2, 0.25) is 0 Å². The number of nitrogens with two attached hydrogens (primary N) is 1. The highest BCUT2D eigenvalue weighted by atomic mass is 16.5. The van der Waals surface area contributed by atoms with Crippen LogP contribution in [0.1, 0.15) is 18.1 Å². The molecule has 26 heavy (non-hydrogen) atoms. The molecule has 2 N–H and O–H groups in total. The van der Waals surface area contributed by atoms with Crippen LogP contribution in [-0.4, -0.2) is 13.2 Å². The van der Waals surface area contributed by atoms with Gasteiger partial charge in [-0.05, 0) is 40.8 Å². The summed E-state index contributed by atoms with van der Waals surface area (Å²) in [5.41, 5.74) is 10.3. The monoisotopic (exact) mass is 347 g/mol. The molecule has 0 fully saturated rings. The molecule has 0 aliphatic carbocycles.